The summed E-state index contributed by atoms with van der Waals surface area (Å²) in [6, 6.07) is 0. The number of unbranched alkanes of at least 4 members (excludes halogenated alkanes) is 18. The van der Waals surface area contributed by atoms with Crippen LogP contribution in [0.4, 0.5) is 0 Å². The first-order chi connectivity index (χ1) is 20.0. The van der Waals surface area contributed by atoms with Crippen LogP contribution in [0.1, 0.15) is 194 Å². The van der Waals surface area contributed by atoms with Crippen LogP contribution in [0.5, 0.6) is 0 Å². The first-order valence-corrected chi connectivity index (χ1v) is 17.7. The summed E-state index contributed by atoms with van der Waals surface area (Å²) in [5.41, 5.74) is 0. The van der Waals surface area contributed by atoms with Gasteiger partial charge in [-0.3, -0.25) is 9.59 Å². The summed E-state index contributed by atoms with van der Waals surface area (Å²) in [7, 11) is 0. The van der Waals surface area contributed by atoms with E-state index in [2.05, 4.69) is 26.0 Å². The van der Waals surface area contributed by atoms with Crippen LogP contribution in [0.2, 0.25) is 0 Å². The minimum atomic E-state index is -0.681. The second-order valence-corrected chi connectivity index (χ2v) is 12.2. The highest BCUT2D eigenvalue weighted by Crippen LogP contribution is 2.22. The zero-order valence-corrected chi connectivity index (χ0v) is 27.2. The first kappa shape index (κ1) is 39.6. The summed E-state index contributed by atoms with van der Waals surface area (Å²) < 4.78 is 6.87. The number of allylic oxidation sites excluding steroid dienone is 1. The molecule has 2 atom stereocenters. The Hall–Kier alpha value is -1.36. The third-order valence-corrected chi connectivity index (χ3v) is 8.14. The topological polar surface area (TPSA) is 83.8 Å². The maximum Gasteiger partial charge on any atom is 0.303 e. The van der Waals surface area contributed by atoms with Crippen molar-refractivity contribution < 1.29 is 24.5 Å². The van der Waals surface area contributed by atoms with Gasteiger partial charge in [-0.05, 0) is 51.4 Å². The number of hydrogen-bond donors (Lipinski definition) is 2. The minimum Gasteiger partial charge on any atom is -0.481 e. The molecule has 0 spiro atoms. The Balaban J connectivity index is 4.72. The Bertz CT molecular complexity index is 603. The maximum atomic E-state index is 10.7. The average Bonchev–Trinajstić information content (AvgIpc) is 2.94. The van der Waals surface area contributed by atoms with Crippen molar-refractivity contribution in [2.45, 2.75) is 206 Å². The standard InChI is InChI=1S/C36H68O5/c1-3-5-7-9-15-21-27-33(29-23-17-11-13-19-25-31-35(37)38)41-34(28-22-16-10-8-6-4-2)30-24-18-12-14-20-26-32-36(39)40/h15,21,33-34H,3-14,16-20,22-32H2,1-2H3,(H,37,38)(H,39,40)/b21-15+. The number of rotatable bonds is 33. The lowest BCUT2D eigenvalue weighted by atomic mass is 10.0. The van der Waals surface area contributed by atoms with E-state index < -0.39 is 11.9 Å². The third kappa shape index (κ3) is 31.4. The molecule has 0 rings (SSSR count). The van der Waals surface area contributed by atoms with Gasteiger partial charge in [-0.25, -0.2) is 0 Å². The molecule has 242 valence electrons. The summed E-state index contributed by atoms with van der Waals surface area (Å²) >= 11 is 0. The number of carboxylic acid groups (broad SMARTS) is 2. The van der Waals surface area contributed by atoms with E-state index in [1.165, 1.54) is 109 Å². The zero-order valence-electron chi connectivity index (χ0n) is 27.2. The van der Waals surface area contributed by atoms with Gasteiger partial charge in [0, 0.05) is 12.8 Å². The number of hydrogen-bond acceptors (Lipinski definition) is 3. The van der Waals surface area contributed by atoms with E-state index in [0.717, 1.165) is 57.8 Å². The lowest BCUT2D eigenvalue weighted by Crippen LogP contribution is -2.22. The smallest absolute Gasteiger partial charge is 0.303 e. The van der Waals surface area contributed by atoms with E-state index in [1.54, 1.807) is 0 Å². The van der Waals surface area contributed by atoms with Crippen molar-refractivity contribution in [2.75, 3.05) is 0 Å². The molecule has 0 fully saturated rings. The Kier molecular flexibility index (Phi) is 30.5. The summed E-state index contributed by atoms with van der Waals surface area (Å²) in [5.74, 6) is -1.36. The van der Waals surface area contributed by atoms with Crippen molar-refractivity contribution in [3.05, 3.63) is 12.2 Å². The maximum absolute atomic E-state index is 10.7. The predicted molar refractivity (Wildman–Crippen MR) is 174 cm³/mol. The van der Waals surface area contributed by atoms with Gasteiger partial charge in [0.05, 0.1) is 12.2 Å². The molecule has 0 saturated carbocycles. The van der Waals surface area contributed by atoms with Crippen LogP contribution >= 0.6 is 0 Å². The van der Waals surface area contributed by atoms with Crippen LogP contribution in [0.15, 0.2) is 12.2 Å². The molecule has 0 aliphatic rings. The van der Waals surface area contributed by atoms with Crippen LogP contribution in [0, 0.1) is 0 Å². The molecular weight excluding hydrogens is 512 g/mol. The van der Waals surface area contributed by atoms with Crippen molar-refractivity contribution in [2.24, 2.45) is 0 Å². The van der Waals surface area contributed by atoms with Gasteiger partial charge < -0.3 is 14.9 Å². The number of aliphatic carboxylic acids is 2. The molecule has 0 aliphatic heterocycles. The van der Waals surface area contributed by atoms with Crippen molar-refractivity contribution in [1.29, 1.82) is 0 Å². The van der Waals surface area contributed by atoms with Gasteiger partial charge in [-0.1, -0.05) is 142 Å². The Labute approximate surface area is 254 Å². The van der Waals surface area contributed by atoms with Crippen molar-refractivity contribution >= 4 is 11.9 Å². The summed E-state index contributed by atoms with van der Waals surface area (Å²) in [4.78, 5) is 21.4. The molecule has 0 radical (unpaired) electrons. The molecule has 5 heteroatoms. The third-order valence-electron chi connectivity index (χ3n) is 8.14. The van der Waals surface area contributed by atoms with Gasteiger partial charge in [-0.2, -0.15) is 0 Å². The highest BCUT2D eigenvalue weighted by molar-refractivity contribution is 5.66. The molecule has 0 amide bonds. The molecule has 0 aliphatic carbocycles. The molecular formula is C36H68O5. The Morgan fingerprint density at radius 2 is 0.902 bits per heavy atom. The second kappa shape index (κ2) is 31.6. The highest BCUT2D eigenvalue weighted by Gasteiger charge is 2.16. The molecule has 0 heterocycles. The van der Waals surface area contributed by atoms with Gasteiger partial charge in [-0.15, -0.1) is 0 Å². The van der Waals surface area contributed by atoms with E-state index in [1.807, 2.05) is 0 Å². The van der Waals surface area contributed by atoms with Crippen molar-refractivity contribution in [3.8, 4) is 0 Å². The van der Waals surface area contributed by atoms with Crippen LogP contribution in [0.3, 0.4) is 0 Å². The molecule has 0 saturated heterocycles. The highest BCUT2D eigenvalue weighted by atomic mass is 16.5. The Morgan fingerprint density at radius 3 is 1.37 bits per heavy atom. The van der Waals surface area contributed by atoms with Crippen LogP contribution in [-0.2, 0) is 14.3 Å². The van der Waals surface area contributed by atoms with Gasteiger partial charge in [0.2, 0.25) is 0 Å². The molecule has 41 heavy (non-hydrogen) atoms. The Morgan fingerprint density at radius 1 is 0.512 bits per heavy atom. The molecule has 0 bridgehead atoms. The predicted octanol–water partition coefficient (Wildman–Crippen LogP) is 11.4. The molecule has 0 aromatic heterocycles. The number of carboxylic acids is 2. The molecule has 0 aromatic carbocycles. The average molecular weight is 581 g/mol. The SMILES string of the molecule is CCCCC/C=C/CC(CCCCCCCCC(=O)O)OC(CCCCCCCC)CCCCCCCCC(=O)O. The lowest BCUT2D eigenvalue weighted by molar-refractivity contribution is -0.138. The largest absolute Gasteiger partial charge is 0.481 e. The second-order valence-electron chi connectivity index (χ2n) is 12.2. The number of ether oxygens (including phenoxy) is 1. The van der Waals surface area contributed by atoms with Gasteiger partial charge in [0.15, 0.2) is 0 Å². The summed E-state index contributed by atoms with van der Waals surface area (Å²) in [5, 5.41) is 17.6. The first-order valence-electron chi connectivity index (χ1n) is 17.7. The van der Waals surface area contributed by atoms with E-state index in [9.17, 15) is 9.59 Å². The van der Waals surface area contributed by atoms with Gasteiger partial charge >= 0.3 is 11.9 Å². The monoisotopic (exact) mass is 581 g/mol. The normalized spacial score (nSPS) is 13.1. The number of carbonyl (C=O) groups is 2. The quantitative estimate of drug-likeness (QED) is 0.0595. The van der Waals surface area contributed by atoms with E-state index in [-0.39, 0.29) is 0 Å². The fourth-order valence-corrected chi connectivity index (χ4v) is 5.54. The molecule has 2 unspecified atom stereocenters. The summed E-state index contributed by atoms with van der Waals surface area (Å²) in [6.45, 7) is 4.52. The molecule has 2 N–H and O–H groups in total. The molecule has 5 nitrogen and oxygen atoms in total. The fraction of sp³-hybridized carbons (Fsp3) is 0.889. The van der Waals surface area contributed by atoms with E-state index in [0.29, 0.717) is 25.0 Å². The van der Waals surface area contributed by atoms with E-state index in [4.69, 9.17) is 14.9 Å². The summed E-state index contributed by atoms with van der Waals surface area (Å²) in [6.07, 6.45) is 36.4. The zero-order chi connectivity index (χ0) is 30.2. The minimum absolute atomic E-state index is 0.297. The van der Waals surface area contributed by atoms with Crippen LogP contribution in [0.25, 0.3) is 0 Å². The van der Waals surface area contributed by atoms with Crippen molar-refractivity contribution in [1.82, 2.24) is 0 Å². The van der Waals surface area contributed by atoms with Gasteiger partial charge in [0.25, 0.3) is 0 Å². The lowest BCUT2D eigenvalue weighted by Gasteiger charge is -2.25. The van der Waals surface area contributed by atoms with E-state index >= 15 is 0 Å². The van der Waals surface area contributed by atoms with Crippen molar-refractivity contribution in [3.63, 3.8) is 0 Å². The van der Waals surface area contributed by atoms with Crippen LogP contribution < -0.4 is 0 Å². The van der Waals surface area contributed by atoms with Crippen LogP contribution in [-0.4, -0.2) is 34.4 Å². The fourth-order valence-electron chi connectivity index (χ4n) is 5.54. The van der Waals surface area contributed by atoms with Gasteiger partial charge in [0.1, 0.15) is 0 Å². The molecule has 0 aromatic rings.